The third-order valence-corrected chi connectivity index (χ3v) is 2.54. The van der Waals surface area contributed by atoms with Gasteiger partial charge in [-0.05, 0) is 24.3 Å². The minimum Gasteiger partial charge on any atom is -0.618 e. The maximum atomic E-state index is 13.0. The summed E-state index contributed by atoms with van der Waals surface area (Å²) >= 11 is 0. The van der Waals surface area contributed by atoms with Gasteiger partial charge in [-0.25, -0.2) is 4.39 Å². The predicted molar refractivity (Wildman–Crippen MR) is 66.3 cm³/mol. The Morgan fingerprint density at radius 2 is 1.70 bits per heavy atom. The Balaban J connectivity index is 2.36. The minimum absolute atomic E-state index is 0.177. The predicted octanol–water partition coefficient (Wildman–Crippen LogP) is 4.11. The molecule has 0 aliphatic carbocycles. The lowest BCUT2D eigenvalue weighted by molar-refractivity contribution is -0.354. The summed E-state index contributed by atoms with van der Waals surface area (Å²) in [7, 11) is 0. The van der Waals surface area contributed by atoms with Gasteiger partial charge in [0.05, 0.1) is 5.56 Å². The Hall–Kier alpha value is -2.37. The fourth-order valence-corrected chi connectivity index (χ4v) is 1.62. The van der Waals surface area contributed by atoms with Gasteiger partial charge in [0.25, 0.3) is 0 Å². The molecule has 0 unspecified atom stereocenters. The zero-order valence-electron chi connectivity index (χ0n) is 10.1. The Morgan fingerprint density at radius 3 is 2.35 bits per heavy atom. The van der Waals surface area contributed by atoms with Crippen LogP contribution in [0.25, 0.3) is 0 Å². The molecule has 0 aromatic heterocycles. The summed E-state index contributed by atoms with van der Waals surface area (Å²) in [6.07, 6.45) is -3.51. The third kappa shape index (κ3) is 3.34. The lowest BCUT2D eigenvalue weighted by Crippen LogP contribution is -2.06. The maximum Gasteiger partial charge on any atom is 0.416 e. The van der Waals surface area contributed by atoms with Crippen molar-refractivity contribution in [2.45, 2.75) is 6.18 Å². The first-order valence-corrected chi connectivity index (χ1v) is 5.60. The van der Waals surface area contributed by atoms with Crippen molar-refractivity contribution in [3.63, 3.8) is 0 Å². The molecule has 0 fully saturated rings. The molecule has 0 radical (unpaired) electrons. The second kappa shape index (κ2) is 5.32. The normalized spacial score (nSPS) is 12.5. The summed E-state index contributed by atoms with van der Waals surface area (Å²) in [6, 6.07) is 9.20. The second-order valence-electron chi connectivity index (χ2n) is 4.06. The van der Waals surface area contributed by atoms with Crippen molar-refractivity contribution in [3.05, 3.63) is 70.7 Å². The van der Waals surface area contributed by atoms with Crippen molar-refractivity contribution in [2.24, 2.45) is 0 Å². The van der Waals surface area contributed by atoms with Gasteiger partial charge in [0.2, 0.25) is 5.69 Å². The first kappa shape index (κ1) is 14.0. The van der Waals surface area contributed by atoms with Gasteiger partial charge in [-0.1, -0.05) is 12.1 Å². The van der Waals surface area contributed by atoms with E-state index < -0.39 is 17.6 Å². The molecule has 2 rings (SSSR count). The topological polar surface area (TPSA) is 26.1 Å². The van der Waals surface area contributed by atoms with Gasteiger partial charge < -0.3 is 5.21 Å². The van der Waals surface area contributed by atoms with Crippen LogP contribution < -0.4 is 0 Å². The van der Waals surface area contributed by atoms with Gasteiger partial charge in [0, 0.05) is 17.7 Å². The van der Waals surface area contributed by atoms with Crippen LogP contribution in [0.2, 0.25) is 0 Å². The Labute approximate surface area is 112 Å². The highest BCUT2D eigenvalue weighted by Crippen LogP contribution is 2.31. The smallest absolute Gasteiger partial charge is 0.416 e. The van der Waals surface area contributed by atoms with Crippen molar-refractivity contribution >= 4 is 11.9 Å². The molecule has 0 amide bonds. The van der Waals surface area contributed by atoms with E-state index in [0.29, 0.717) is 0 Å². The molecular weight excluding hydrogens is 274 g/mol. The number of halogens is 4. The number of benzene rings is 2. The molecule has 2 aromatic rings. The molecule has 0 bridgehead atoms. The number of hydrogen-bond donors (Lipinski definition) is 0. The molecule has 6 heteroatoms. The molecule has 0 heterocycles. The van der Waals surface area contributed by atoms with Gasteiger partial charge in [-0.3, -0.25) is 0 Å². The van der Waals surface area contributed by atoms with Crippen LogP contribution in [0, 0.1) is 11.0 Å². The Morgan fingerprint density at radius 1 is 1.00 bits per heavy atom. The van der Waals surface area contributed by atoms with E-state index >= 15 is 0 Å². The zero-order valence-corrected chi connectivity index (χ0v) is 10.1. The van der Waals surface area contributed by atoms with Crippen molar-refractivity contribution in [1.82, 2.24) is 0 Å². The highest BCUT2D eigenvalue weighted by molar-refractivity contribution is 5.76. The van der Waals surface area contributed by atoms with Gasteiger partial charge in [-0.2, -0.15) is 17.9 Å². The summed E-state index contributed by atoms with van der Waals surface area (Å²) in [6.45, 7) is 0. The lowest BCUT2D eigenvalue weighted by Gasteiger charge is -2.08. The lowest BCUT2D eigenvalue weighted by atomic mass is 10.2. The number of nitrogens with zero attached hydrogens (tertiary/aromatic N) is 1. The molecule has 2 aromatic carbocycles. The minimum atomic E-state index is -4.52. The van der Waals surface area contributed by atoms with E-state index in [1.165, 1.54) is 24.3 Å². The SMILES string of the molecule is [O-][N+](=Cc1cccc(F)c1)c1cccc(C(F)(F)F)c1. The van der Waals surface area contributed by atoms with E-state index in [1.807, 2.05) is 0 Å². The van der Waals surface area contributed by atoms with Crippen LogP contribution >= 0.6 is 0 Å². The molecule has 0 N–H and O–H groups in total. The van der Waals surface area contributed by atoms with Crippen LogP contribution in [-0.2, 0) is 6.18 Å². The monoisotopic (exact) mass is 283 g/mol. The standard InChI is InChI=1S/C14H9F4NO/c15-12-5-1-3-10(7-12)9-19(20)13-6-2-4-11(8-13)14(16,17)18/h1-9H. The second-order valence-corrected chi connectivity index (χ2v) is 4.06. The number of rotatable bonds is 2. The fraction of sp³-hybridized carbons (Fsp3) is 0.0714. The van der Waals surface area contributed by atoms with Crippen molar-refractivity contribution in [2.75, 3.05) is 0 Å². The van der Waals surface area contributed by atoms with Crippen LogP contribution in [0.1, 0.15) is 11.1 Å². The van der Waals surface area contributed by atoms with E-state index in [-0.39, 0.29) is 16.0 Å². The molecule has 104 valence electrons. The van der Waals surface area contributed by atoms with Gasteiger partial charge in [0.15, 0.2) is 6.21 Å². The third-order valence-electron chi connectivity index (χ3n) is 2.54. The van der Waals surface area contributed by atoms with E-state index in [2.05, 4.69) is 0 Å². The van der Waals surface area contributed by atoms with Crippen LogP contribution in [0.5, 0.6) is 0 Å². The quantitative estimate of drug-likeness (QED) is 0.268. The largest absolute Gasteiger partial charge is 0.618 e. The average molecular weight is 283 g/mol. The molecule has 0 aliphatic rings. The molecule has 0 atom stereocenters. The highest BCUT2D eigenvalue weighted by atomic mass is 19.4. The summed E-state index contributed by atoms with van der Waals surface area (Å²) in [4.78, 5) is 0. The molecule has 2 nitrogen and oxygen atoms in total. The first-order valence-electron chi connectivity index (χ1n) is 5.60. The van der Waals surface area contributed by atoms with Crippen LogP contribution in [0.3, 0.4) is 0 Å². The Bertz CT molecular complexity index is 650. The highest BCUT2D eigenvalue weighted by Gasteiger charge is 2.31. The number of alkyl halides is 3. The number of hydrogen-bond acceptors (Lipinski definition) is 1. The van der Waals surface area contributed by atoms with Gasteiger partial charge >= 0.3 is 6.18 Å². The molecule has 0 spiro atoms. The van der Waals surface area contributed by atoms with Crippen molar-refractivity contribution in [1.29, 1.82) is 0 Å². The maximum absolute atomic E-state index is 13.0. The molecule has 0 saturated heterocycles. The van der Waals surface area contributed by atoms with E-state index in [1.54, 1.807) is 0 Å². The molecular formula is C14H9F4NO. The fourth-order valence-electron chi connectivity index (χ4n) is 1.62. The summed E-state index contributed by atoms with van der Waals surface area (Å²) < 4.78 is 50.8. The molecule has 0 saturated carbocycles. The first-order chi connectivity index (χ1) is 9.36. The van der Waals surface area contributed by atoms with Gasteiger partial charge in [0.1, 0.15) is 5.82 Å². The van der Waals surface area contributed by atoms with E-state index in [4.69, 9.17) is 0 Å². The van der Waals surface area contributed by atoms with Crippen LogP contribution in [-0.4, -0.2) is 11.0 Å². The summed E-state index contributed by atoms with van der Waals surface area (Å²) in [5.74, 6) is -0.531. The van der Waals surface area contributed by atoms with Crippen LogP contribution in [0.4, 0.5) is 23.2 Å². The zero-order chi connectivity index (χ0) is 14.8. The summed E-state index contributed by atoms with van der Waals surface area (Å²) in [5.41, 5.74) is -0.829. The van der Waals surface area contributed by atoms with Crippen LogP contribution in [0.15, 0.2) is 48.5 Å². The van der Waals surface area contributed by atoms with E-state index in [0.717, 1.165) is 30.5 Å². The van der Waals surface area contributed by atoms with Gasteiger partial charge in [-0.15, -0.1) is 0 Å². The van der Waals surface area contributed by atoms with E-state index in [9.17, 15) is 22.8 Å². The van der Waals surface area contributed by atoms with Crippen molar-refractivity contribution < 1.29 is 22.3 Å². The molecule has 20 heavy (non-hydrogen) atoms. The summed E-state index contributed by atoms with van der Waals surface area (Å²) in [5, 5.41) is 11.8. The molecule has 0 aliphatic heterocycles. The van der Waals surface area contributed by atoms with Crippen molar-refractivity contribution in [3.8, 4) is 0 Å². The Kier molecular flexibility index (Phi) is 3.74. The average Bonchev–Trinajstić information content (AvgIpc) is 2.38.